The molecule has 0 unspecified atom stereocenters. The first-order chi connectivity index (χ1) is 9.26. The van der Waals surface area contributed by atoms with Gasteiger partial charge in [0, 0.05) is 11.8 Å². The van der Waals surface area contributed by atoms with Crippen LogP contribution >= 0.6 is 23.2 Å². The molecule has 3 rings (SSSR count). The van der Waals surface area contributed by atoms with E-state index >= 15 is 0 Å². The fraction of sp³-hybridized carbons (Fsp3) is 0.857. The van der Waals surface area contributed by atoms with Gasteiger partial charge in [0.05, 0.1) is 25.2 Å². The van der Waals surface area contributed by atoms with Crippen molar-refractivity contribution in [3.63, 3.8) is 0 Å². The largest absolute Gasteiger partial charge is 0.377 e. The Morgan fingerprint density at radius 2 is 2.21 bits per heavy atom. The van der Waals surface area contributed by atoms with Crippen LogP contribution in [0.1, 0.15) is 12.8 Å². The number of hydrogen-bond acceptors (Lipinski definition) is 3. The smallest absolute Gasteiger partial charge is 0.161 e. The molecule has 2 bridgehead atoms. The lowest BCUT2D eigenvalue weighted by molar-refractivity contribution is -0.111. The fourth-order valence-corrected chi connectivity index (χ4v) is 3.47. The lowest BCUT2D eigenvalue weighted by atomic mass is 9.93. The van der Waals surface area contributed by atoms with E-state index in [-0.39, 0.29) is 17.8 Å². The molecular weight excluding hydrogens is 287 g/mol. The van der Waals surface area contributed by atoms with E-state index in [0.717, 1.165) is 5.92 Å². The monoisotopic (exact) mass is 306 g/mol. The van der Waals surface area contributed by atoms with Crippen molar-refractivity contribution in [3.8, 4) is 0 Å². The van der Waals surface area contributed by atoms with E-state index in [1.54, 1.807) is 0 Å². The highest BCUT2D eigenvalue weighted by Gasteiger charge is 2.44. The highest BCUT2D eigenvalue weighted by Crippen LogP contribution is 2.46. The molecule has 2 fully saturated rings. The first-order valence-electron chi connectivity index (χ1n) is 6.99. The Kier molecular flexibility index (Phi) is 4.70. The van der Waals surface area contributed by atoms with Crippen LogP contribution in [0, 0.1) is 17.8 Å². The lowest BCUT2D eigenvalue weighted by Crippen LogP contribution is -2.27. The van der Waals surface area contributed by atoms with Crippen LogP contribution in [-0.2, 0) is 14.2 Å². The Balaban J connectivity index is 1.40. The second-order valence-electron chi connectivity index (χ2n) is 5.69. The Hall–Kier alpha value is 0.200. The van der Waals surface area contributed by atoms with Crippen LogP contribution in [0.5, 0.6) is 0 Å². The Labute approximate surface area is 124 Å². The number of alkyl halides is 2. The molecular formula is C14H20Cl2O3. The fourth-order valence-electron chi connectivity index (χ4n) is 3.29. The van der Waals surface area contributed by atoms with Gasteiger partial charge in [-0.1, -0.05) is 12.2 Å². The summed E-state index contributed by atoms with van der Waals surface area (Å²) in [5.74, 6) is 2.34. The van der Waals surface area contributed by atoms with Crippen LogP contribution in [0.25, 0.3) is 0 Å². The first kappa shape index (κ1) is 14.2. The van der Waals surface area contributed by atoms with Gasteiger partial charge in [-0.3, -0.25) is 0 Å². The molecule has 0 radical (unpaired) electrons. The summed E-state index contributed by atoms with van der Waals surface area (Å²) in [6.45, 7) is 1.62. The maximum absolute atomic E-state index is 5.96. The molecule has 1 saturated heterocycles. The summed E-state index contributed by atoms with van der Waals surface area (Å²) in [6, 6.07) is 0. The molecule has 0 amide bonds. The first-order valence-corrected chi connectivity index (χ1v) is 7.96. The molecule has 19 heavy (non-hydrogen) atoms. The lowest BCUT2D eigenvalue weighted by Gasteiger charge is -2.23. The van der Waals surface area contributed by atoms with Crippen LogP contribution in [0.2, 0.25) is 0 Å². The van der Waals surface area contributed by atoms with Crippen LogP contribution in [-0.4, -0.2) is 43.5 Å². The number of halogens is 2. The number of hydrogen-bond donors (Lipinski definition) is 0. The third-order valence-corrected chi connectivity index (χ3v) is 5.03. The van der Waals surface area contributed by atoms with Crippen molar-refractivity contribution in [1.82, 2.24) is 0 Å². The molecule has 0 aromatic carbocycles. The average Bonchev–Trinajstić information content (AvgIpc) is 3.13. The quantitative estimate of drug-likeness (QED) is 0.558. The number of rotatable bonds is 6. The highest BCUT2D eigenvalue weighted by molar-refractivity contribution is 6.28. The van der Waals surface area contributed by atoms with E-state index in [2.05, 4.69) is 12.2 Å². The summed E-state index contributed by atoms with van der Waals surface area (Å²) in [4.78, 5) is 0. The van der Waals surface area contributed by atoms with E-state index in [9.17, 15) is 0 Å². The van der Waals surface area contributed by atoms with Crippen molar-refractivity contribution in [3.05, 3.63) is 12.2 Å². The minimum Gasteiger partial charge on any atom is -0.377 e. The molecule has 3 nitrogen and oxygen atoms in total. The van der Waals surface area contributed by atoms with Gasteiger partial charge >= 0.3 is 0 Å². The molecule has 0 spiro atoms. The second-order valence-corrected chi connectivity index (χ2v) is 6.62. The van der Waals surface area contributed by atoms with E-state index in [1.807, 2.05) is 0 Å². The van der Waals surface area contributed by atoms with Crippen molar-refractivity contribution in [2.75, 3.05) is 25.7 Å². The van der Waals surface area contributed by atoms with Gasteiger partial charge in [-0.25, -0.2) is 0 Å². The van der Waals surface area contributed by atoms with E-state index in [0.29, 0.717) is 37.5 Å². The molecule has 1 heterocycles. The van der Waals surface area contributed by atoms with Crippen LogP contribution < -0.4 is 0 Å². The zero-order chi connectivity index (χ0) is 13.2. The average molecular weight is 307 g/mol. The predicted octanol–water partition coefficient (Wildman–Crippen LogP) is 2.80. The minimum atomic E-state index is -0.129. The Morgan fingerprint density at radius 3 is 2.89 bits per heavy atom. The topological polar surface area (TPSA) is 27.7 Å². The van der Waals surface area contributed by atoms with Crippen molar-refractivity contribution < 1.29 is 14.2 Å². The number of allylic oxidation sites excluding steroid dienone is 2. The van der Waals surface area contributed by atoms with Gasteiger partial charge in [0.1, 0.15) is 6.10 Å². The SMILES string of the molecule is ClC[C@@H](Cl)COC[C@H]1CO[C@@H]([C@H]2C[C@H]3C=C[C@@H]2C3)O1. The summed E-state index contributed by atoms with van der Waals surface area (Å²) < 4.78 is 17.3. The summed E-state index contributed by atoms with van der Waals surface area (Å²) in [7, 11) is 0. The van der Waals surface area contributed by atoms with Crippen LogP contribution in [0.3, 0.4) is 0 Å². The molecule has 0 aromatic heterocycles. The van der Waals surface area contributed by atoms with Crippen molar-refractivity contribution in [2.45, 2.75) is 30.6 Å². The molecule has 1 aliphatic heterocycles. The third kappa shape index (κ3) is 3.27. The van der Waals surface area contributed by atoms with Gasteiger partial charge in [0.25, 0.3) is 0 Å². The van der Waals surface area contributed by atoms with E-state index in [4.69, 9.17) is 37.4 Å². The number of ether oxygens (including phenoxy) is 3. The molecule has 0 aromatic rings. The van der Waals surface area contributed by atoms with Crippen molar-refractivity contribution >= 4 is 23.2 Å². The summed E-state index contributed by atoms with van der Waals surface area (Å²) in [5, 5.41) is -0.129. The zero-order valence-electron chi connectivity index (χ0n) is 10.8. The van der Waals surface area contributed by atoms with Gasteiger partial charge in [0.2, 0.25) is 0 Å². The van der Waals surface area contributed by atoms with Gasteiger partial charge in [0.15, 0.2) is 6.29 Å². The summed E-state index contributed by atoms with van der Waals surface area (Å²) in [6.07, 6.45) is 7.13. The van der Waals surface area contributed by atoms with Gasteiger partial charge in [-0.05, 0) is 24.7 Å². The molecule has 5 heteroatoms. The second kappa shape index (κ2) is 6.31. The molecule has 2 aliphatic carbocycles. The normalized spacial score (nSPS) is 42.1. The maximum atomic E-state index is 5.96. The van der Waals surface area contributed by atoms with Crippen molar-refractivity contribution in [2.24, 2.45) is 17.8 Å². The van der Waals surface area contributed by atoms with Gasteiger partial charge in [-0.15, -0.1) is 23.2 Å². The molecule has 3 aliphatic rings. The van der Waals surface area contributed by atoms with E-state index in [1.165, 1.54) is 12.8 Å². The zero-order valence-corrected chi connectivity index (χ0v) is 12.4. The number of fused-ring (bicyclic) bond motifs is 2. The van der Waals surface area contributed by atoms with E-state index < -0.39 is 0 Å². The summed E-state index contributed by atoms with van der Waals surface area (Å²) >= 11 is 11.5. The maximum Gasteiger partial charge on any atom is 0.161 e. The molecule has 6 atom stereocenters. The van der Waals surface area contributed by atoms with Gasteiger partial charge < -0.3 is 14.2 Å². The standard InChI is InChI=1S/C14H20Cl2O3/c15-5-11(16)6-17-7-12-8-18-14(19-12)13-4-9-1-2-10(13)3-9/h1-2,9-14H,3-8H2/t9-,10+,11+,12-,13-,14+/m0/s1. The Bertz CT molecular complexity index is 337. The predicted molar refractivity (Wildman–Crippen MR) is 74.6 cm³/mol. The van der Waals surface area contributed by atoms with Crippen molar-refractivity contribution in [1.29, 1.82) is 0 Å². The van der Waals surface area contributed by atoms with Crippen LogP contribution in [0.15, 0.2) is 12.2 Å². The van der Waals surface area contributed by atoms with Gasteiger partial charge in [-0.2, -0.15) is 0 Å². The minimum absolute atomic E-state index is 0.0345. The summed E-state index contributed by atoms with van der Waals surface area (Å²) in [5.41, 5.74) is 0. The third-order valence-electron chi connectivity index (χ3n) is 4.22. The Morgan fingerprint density at radius 1 is 1.32 bits per heavy atom. The molecule has 0 N–H and O–H groups in total. The molecule has 1 saturated carbocycles. The highest BCUT2D eigenvalue weighted by atomic mass is 35.5. The molecule has 108 valence electrons. The van der Waals surface area contributed by atoms with Crippen LogP contribution in [0.4, 0.5) is 0 Å².